The molecule has 1 N–H and O–H groups in total. The minimum atomic E-state index is -0.677. The zero-order valence-corrected chi connectivity index (χ0v) is 13.0. The van der Waals surface area contributed by atoms with Crippen molar-refractivity contribution >= 4 is 17.3 Å². The molecule has 1 aromatic carbocycles. The van der Waals surface area contributed by atoms with E-state index in [2.05, 4.69) is 11.0 Å². The van der Waals surface area contributed by atoms with E-state index in [1.807, 2.05) is 12.1 Å². The molecular weight excluding hydrogens is 301 g/mol. The fourth-order valence-electron chi connectivity index (χ4n) is 2.82. The van der Waals surface area contributed by atoms with Crippen molar-refractivity contribution in [2.75, 3.05) is 13.1 Å². The summed E-state index contributed by atoms with van der Waals surface area (Å²) in [4.78, 5) is 15.5. The van der Waals surface area contributed by atoms with Gasteiger partial charge in [0.05, 0.1) is 5.92 Å². The maximum atomic E-state index is 13.3. The average molecular weight is 319 g/mol. The van der Waals surface area contributed by atoms with Gasteiger partial charge in [-0.1, -0.05) is 12.1 Å². The molecule has 5 heteroatoms. The Hall–Kier alpha value is -1.72. The Labute approximate surface area is 133 Å². The molecule has 0 amide bonds. The minimum absolute atomic E-state index is 0.192. The summed E-state index contributed by atoms with van der Waals surface area (Å²) in [6.07, 6.45) is 1.44. The number of carboxylic acid groups (broad SMARTS) is 1. The maximum absolute atomic E-state index is 13.3. The highest BCUT2D eigenvalue weighted by Crippen LogP contribution is 2.30. The van der Waals surface area contributed by atoms with Crippen molar-refractivity contribution in [3.63, 3.8) is 0 Å². The van der Waals surface area contributed by atoms with Crippen LogP contribution in [0.4, 0.5) is 4.39 Å². The van der Waals surface area contributed by atoms with E-state index in [4.69, 9.17) is 5.11 Å². The highest BCUT2D eigenvalue weighted by Gasteiger charge is 2.24. The molecule has 3 nitrogen and oxygen atoms in total. The van der Waals surface area contributed by atoms with Gasteiger partial charge >= 0.3 is 5.97 Å². The smallest absolute Gasteiger partial charge is 0.306 e. The van der Waals surface area contributed by atoms with E-state index < -0.39 is 5.97 Å². The molecule has 0 aliphatic carbocycles. The lowest BCUT2D eigenvalue weighted by Gasteiger charge is -2.29. The van der Waals surface area contributed by atoms with Gasteiger partial charge in [-0.05, 0) is 55.8 Å². The van der Waals surface area contributed by atoms with Crippen LogP contribution in [0.5, 0.6) is 0 Å². The lowest BCUT2D eigenvalue weighted by atomic mass is 9.97. The summed E-state index contributed by atoms with van der Waals surface area (Å²) in [6.45, 7) is 2.49. The van der Waals surface area contributed by atoms with Crippen LogP contribution in [0, 0.1) is 11.7 Å². The molecule has 0 unspecified atom stereocenters. The van der Waals surface area contributed by atoms with Crippen molar-refractivity contribution in [3.8, 4) is 10.4 Å². The molecule has 0 saturated carbocycles. The molecule has 1 aliphatic heterocycles. The Bertz CT molecular complexity index is 662. The van der Waals surface area contributed by atoms with E-state index in [1.54, 1.807) is 23.5 Å². The largest absolute Gasteiger partial charge is 0.481 e. The summed E-state index contributed by atoms with van der Waals surface area (Å²) >= 11 is 1.67. The molecule has 1 aromatic heterocycles. The number of rotatable bonds is 4. The van der Waals surface area contributed by atoms with Crippen LogP contribution in [0.3, 0.4) is 0 Å². The molecule has 116 valence electrons. The summed E-state index contributed by atoms with van der Waals surface area (Å²) in [5.74, 6) is -1.09. The molecule has 1 saturated heterocycles. The average Bonchev–Trinajstić information content (AvgIpc) is 2.96. The van der Waals surface area contributed by atoms with Crippen molar-refractivity contribution in [2.24, 2.45) is 5.92 Å². The van der Waals surface area contributed by atoms with E-state index in [1.165, 1.54) is 10.9 Å². The van der Waals surface area contributed by atoms with Crippen LogP contribution in [-0.2, 0) is 11.3 Å². The fourth-order valence-corrected chi connectivity index (χ4v) is 3.86. The first-order chi connectivity index (χ1) is 10.6. The number of halogens is 1. The predicted octanol–water partition coefficient (Wildman–Crippen LogP) is 3.85. The first-order valence-electron chi connectivity index (χ1n) is 7.41. The highest BCUT2D eigenvalue weighted by atomic mass is 32.1. The van der Waals surface area contributed by atoms with Crippen LogP contribution >= 0.6 is 11.3 Å². The van der Waals surface area contributed by atoms with E-state index in [0.29, 0.717) is 0 Å². The normalized spacial score (nSPS) is 16.8. The van der Waals surface area contributed by atoms with Crippen LogP contribution < -0.4 is 0 Å². The summed E-state index contributed by atoms with van der Waals surface area (Å²) < 4.78 is 13.3. The van der Waals surface area contributed by atoms with Crippen LogP contribution in [0.1, 0.15) is 17.7 Å². The monoisotopic (exact) mass is 319 g/mol. The quantitative estimate of drug-likeness (QED) is 0.930. The fraction of sp³-hybridized carbons (Fsp3) is 0.353. The van der Waals surface area contributed by atoms with E-state index >= 15 is 0 Å². The third-order valence-corrected chi connectivity index (χ3v) is 5.21. The molecule has 3 rings (SSSR count). The second kappa shape index (κ2) is 6.58. The minimum Gasteiger partial charge on any atom is -0.481 e. The van der Waals surface area contributed by atoms with Crippen molar-refractivity contribution in [2.45, 2.75) is 19.4 Å². The third kappa shape index (κ3) is 3.54. The van der Waals surface area contributed by atoms with Crippen molar-refractivity contribution in [1.82, 2.24) is 4.90 Å². The number of thiophene rings is 1. The van der Waals surface area contributed by atoms with E-state index in [9.17, 15) is 9.18 Å². The summed E-state index contributed by atoms with van der Waals surface area (Å²) in [5.41, 5.74) is 0.904. The molecule has 1 aliphatic rings. The molecule has 2 aromatic rings. The number of likely N-dealkylation sites (tertiary alicyclic amines) is 1. The Balaban J connectivity index is 1.62. The molecule has 0 atom stereocenters. The van der Waals surface area contributed by atoms with Gasteiger partial charge in [-0.15, -0.1) is 11.3 Å². The molecule has 2 heterocycles. The van der Waals surface area contributed by atoms with Gasteiger partial charge in [0.25, 0.3) is 0 Å². The van der Waals surface area contributed by atoms with Gasteiger partial charge in [0.1, 0.15) is 5.82 Å². The predicted molar refractivity (Wildman–Crippen MR) is 85.3 cm³/mol. The number of benzene rings is 1. The Morgan fingerprint density at radius 2 is 2.05 bits per heavy atom. The van der Waals surface area contributed by atoms with Crippen LogP contribution in [0.25, 0.3) is 10.4 Å². The zero-order valence-electron chi connectivity index (χ0n) is 12.2. The summed E-state index contributed by atoms with van der Waals surface area (Å²) in [5, 5.41) is 9.02. The number of hydrogen-bond donors (Lipinski definition) is 1. The zero-order chi connectivity index (χ0) is 15.5. The SMILES string of the molecule is O=C(O)C1CCN(Cc2ccc(-c3cccc(F)c3)s2)CC1. The second-order valence-corrected chi connectivity index (χ2v) is 6.83. The van der Waals surface area contributed by atoms with Crippen LogP contribution in [0.2, 0.25) is 0 Å². The first kappa shape index (κ1) is 15.2. The molecule has 0 radical (unpaired) electrons. The van der Waals surface area contributed by atoms with Gasteiger partial charge in [-0.3, -0.25) is 9.69 Å². The van der Waals surface area contributed by atoms with Crippen LogP contribution in [0.15, 0.2) is 36.4 Å². The molecule has 0 spiro atoms. The van der Waals surface area contributed by atoms with Crippen LogP contribution in [-0.4, -0.2) is 29.1 Å². The maximum Gasteiger partial charge on any atom is 0.306 e. The van der Waals surface area contributed by atoms with Gasteiger partial charge in [0.15, 0.2) is 0 Å². The molecule has 22 heavy (non-hydrogen) atoms. The number of aliphatic carboxylic acids is 1. The standard InChI is InChI=1S/C17H18FNO2S/c18-14-3-1-2-13(10-14)16-5-4-15(22-16)11-19-8-6-12(7-9-19)17(20)21/h1-5,10,12H,6-9,11H2,(H,20,21). The van der Waals surface area contributed by atoms with Gasteiger partial charge in [-0.2, -0.15) is 0 Å². The lowest BCUT2D eigenvalue weighted by molar-refractivity contribution is -0.143. The Morgan fingerprint density at radius 1 is 1.27 bits per heavy atom. The number of piperidine rings is 1. The highest BCUT2D eigenvalue weighted by molar-refractivity contribution is 7.15. The van der Waals surface area contributed by atoms with Crippen molar-refractivity contribution in [1.29, 1.82) is 0 Å². The van der Waals surface area contributed by atoms with Crippen molar-refractivity contribution in [3.05, 3.63) is 47.1 Å². The molecular formula is C17H18FNO2S. The number of hydrogen-bond acceptors (Lipinski definition) is 3. The van der Waals surface area contributed by atoms with E-state index in [-0.39, 0.29) is 11.7 Å². The van der Waals surface area contributed by atoms with Gasteiger partial charge in [-0.25, -0.2) is 4.39 Å². The number of nitrogens with zero attached hydrogens (tertiary/aromatic N) is 1. The van der Waals surface area contributed by atoms with Gasteiger partial charge in [0, 0.05) is 16.3 Å². The second-order valence-electron chi connectivity index (χ2n) is 5.66. The molecule has 1 fully saturated rings. The van der Waals surface area contributed by atoms with E-state index in [0.717, 1.165) is 42.9 Å². The Morgan fingerprint density at radius 3 is 2.73 bits per heavy atom. The topological polar surface area (TPSA) is 40.5 Å². The number of carbonyl (C=O) groups is 1. The van der Waals surface area contributed by atoms with Gasteiger partial charge < -0.3 is 5.11 Å². The summed E-state index contributed by atoms with van der Waals surface area (Å²) in [7, 11) is 0. The number of carboxylic acids is 1. The lowest BCUT2D eigenvalue weighted by Crippen LogP contribution is -2.35. The van der Waals surface area contributed by atoms with Gasteiger partial charge in [0.2, 0.25) is 0 Å². The summed E-state index contributed by atoms with van der Waals surface area (Å²) in [6, 6.07) is 10.7. The Kier molecular flexibility index (Phi) is 4.55. The molecule has 0 bridgehead atoms. The van der Waals surface area contributed by atoms with Crippen molar-refractivity contribution < 1.29 is 14.3 Å². The first-order valence-corrected chi connectivity index (χ1v) is 8.23. The third-order valence-electron chi connectivity index (χ3n) is 4.09.